The van der Waals surface area contributed by atoms with Crippen molar-refractivity contribution in [2.24, 2.45) is 11.8 Å². The van der Waals surface area contributed by atoms with Crippen molar-refractivity contribution < 1.29 is 14.6 Å². The lowest BCUT2D eigenvalue weighted by atomic mass is 9.82. The summed E-state index contributed by atoms with van der Waals surface area (Å²) in [6, 6.07) is 0. The number of hydrogen-bond donors (Lipinski definition) is 1. The highest BCUT2D eigenvalue weighted by atomic mass is 127. The number of alkyl halides is 1. The number of ether oxygens (including phenoxy) is 2. The van der Waals surface area contributed by atoms with Crippen molar-refractivity contribution in [3.05, 3.63) is 0 Å². The van der Waals surface area contributed by atoms with Crippen molar-refractivity contribution >= 4 is 22.6 Å². The van der Waals surface area contributed by atoms with E-state index < -0.39 is 6.48 Å². The summed E-state index contributed by atoms with van der Waals surface area (Å²) in [5.41, 5.74) is 0. The summed E-state index contributed by atoms with van der Waals surface area (Å²) in [5, 5.41) is 9.08. The predicted molar refractivity (Wildman–Crippen MR) is 77.1 cm³/mol. The summed E-state index contributed by atoms with van der Waals surface area (Å²) in [6.07, 6.45) is 7.87. The van der Waals surface area contributed by atoms with Crippen LogP contribution in [0.1, 0.15) is 45.4 Å². The molecule has 1 aliphatic rings. The van der Waals surface area contributed by atoms with Gasteiger partial charge in [-0.3, -0.25) is 0 Å². The van der Waals surface area contributed by atoms with E-state index in [1.807, 2.05) is 0 Å². The molecule has 4 unspecified atom stereocenters. The lowest BCUT2D eigenvalue weighted by molar-refractivity contribution is -0.251. The summed E-state index contributed by atoms with van der Waals surface area (Å²) >= 11 is 2.59. The van der Waals surface area contributed by atoms with Crippen molar-refractivity contribution in [2.45, 2.75) is 55.8 Å². The first-order valence-corrected chi connectivity index (χ1v) is 7.83. The number of aliphatic hydroxyl groups excluding tert-OH is 1. The van der Waals surface area contributed by atoms with Crippen LogP contribution in [0.2, 0.25) is 0 Å². The lowest BCUT2D eigenvalue weighted by Gasteiger charge is -2.28. The monoisotopic (exact) mass is 356 g/mol. The van der Waals surface area contributed by atoms with Crippen LogP contribution in [0.15, 0.2) is 0 Å². The van der Waals surface area contributed by atoms with Gasteiger partial charge in [-0.25, -0.2) is 0 Å². The first-order valence-electron chi connectivity index (χ1n) is 6.58. The van der Waals surface area contributed by atoms with Crippen LogP contribution in [0.25, 0.3) is 0 Å². The second kappa shape index (κ2) is 8.67. The van der Waals surface area contributed by atoms with Gasteiger partial charge in [0.1, 0.15) is 0 Å². The van der Waals surface area contributed by atoms with E-state index in [0.717, 1.165) is 16.3 Å². The van der Waals surface area contributed by atoms with Gasteiger partial charge in [0.25, 0.3) is 6.48 Å². The molecule has 0 bridgehead atoms. The molecule has 1 fully saturated rings. The van der Waals surface area contributed by atoms with Crippen LogP contribution in [0.4, 0.5) is 0 Å². The van der Waals surface area contributed by atoms with E-state index in [-0.39, 0.29) is 0 Å². The van der Waals surface area contributed by atoms with Gasteiger partial charge in [-0.05, 0) is 37.5 Å². The Bertz CT molecular complexity index is 201. The molecule has 1 aliphatic carbocycles. The van der Waals surface area contributed by atoms with Gasteiger partial charge in [0.2, 0.25) is 0 Å². The van der Waals surface area contributed by atoms with Crippen LogP contribution in [0, 0.1) is 11.8 Å². The Morgan fingerprint density at radius 3 is 2.82 bits per heavy atom. The molecule has 0 heterocycles. The fourth-order valence-electron chi connectivity index (χ4n) is 2.56. The van der Waals surface area contributed by atoms with Crippen LogP contribution in [0.3, 0.4) is 0 Å². The van der Waals surface area contributed by atoms with E-state index in [1.54, 1.807) is 0 Å². The van der Waals surface area contributed by atoms with Gasteiger partial charge in [-0.1, -0.05) is 42.4 Å². The smallest absolute Gasteiger partial charge is 0.268 e. The Morgan fingerprint density at radius 2 is 2.18 bits per heavy atom. The molecule has 1 saturated carbocycles. The highest BCUT2D eigenvalue weighted by molar-refractivity contribution is 14.1. The minimum Gasteiger partial charge on any atom is -0.346 e. The minimum atomic E-state index is -1.06. The number of aliphatic hydroxyl groups is 1. The first kappa shape index (κ1) is 15.7. The maximum Gasteiger partial charge on any atom is 0.268 e. The molecule has 3 nitrogen and oxygen atoms in total. The molecular weight excluding hydrogens is 331 g/mol. The summed E-state index contributed by atoms with van der Waals surface area (Å²) in [6.45, 7) is 1.80. The molecule has 1 N–H and O–H groups in total. The fraction of sp³-hybridized carbons (Fsp3) is 1.00. The molecule has 1 rings (SSSR count). The molecule has 0 aromatic heterocycles. The summed E-state index contributed by atoms with van der Waals surface area (Å²) < 4.78 is 10.6. The van der Waals surface area contributed by atoms with Gasteiger partial charge in [0, 0.05) is 11.0 Å². The maximum absolute atomic E-state index is 9.08. The number of methoxy groups -OCH3 is 1. The van der Waals surface area contributed by atoms with Gasteiger partial charge in [0.05, 0.1) is 6.61 Å². The Hall–Kier alpha value is 0.610. The molecular formula is C13H25IO3. The van der Waals surface area contributed by atoms with Crippen molar-refractivity contribution in [1.29, 1.82) is 0 Å². The Balaban J connectivity index is 2.09. The second-order valence-electron chi connectivity index (χ2n) is 5.17. The largest absolute Gasteiger partial charge is 0.346 e. The summed E-state index contributed by atoms with van der Waals surface area (Å²) in [5.74, 6) is 1.57. The van der Waals surface area contributed by atoms with Crippen molar-refractivity contribution in [2.75, 3.05) is 13.7 Å². The third-order valence-electron chi connectivity index (χ3n) is 3.53. The first-order chi connectivity index (χ1) is 8.11. The van der Waals surface area contributed by atoms with Gasteiger partial charge < -0.3 is 14.6 Å². The van der Waals surface area contributed by atoms with Crippen LogP contribution in [-0.2, 0) is 9.47 Å². The third kappa shape index (κ3) is 6.94. The van der Waals surface area contributed by atoms with E-state index in [9.17, 15) is 0 Å². The Morgan fingerprint density at radius 1 is 1.41 bits per heavy atom. The van der Waals surface area contributed by atoms with Crippen LogP contribution < -0.4 is 0 Å². The summed E-state index contributed by atoms with van der Waals surface area (Å²) in [4.78, 5) is 0. The zero-order chi connectivity index (χ0) is 12.7. The van der Waals surface area contributed by atoms with E-state index in [4.69, 9.17) is 9.84 Å². The zero-order valence-corrected chi connectivity index (χ0v) is 13.1. The van der Waals surface area contributed by atoms with Gasteiger partial charge in [-0.2, -0.15) is 0 Å². The van der Waals surface area contributed by atoms with Gasteiger partial charge in [0.15, 0.2) is 0 Å². The van der Waals surface area contributed by atoms with E-state index in [1.165, 1.54) is 39.2 Å². The van der Waals surface area contributed by atoms with E-state index in [2.05, 4.69) is 34.3 Å². The molecule has 4 heteroatoms. The number of hydrogen-bond acceptors (Lipinski definition) is 3. The maximum atomic E-state index is 9.08. The molecule has 0 aromatic rings. The highest BCUT2D eigenvalue weighted by Crippen LogP contribution is 2.33. The molecule has 0 saturated heterocycles. The van der Waals surface area contributed by atoms with Crippen LogP contribution in [0.5, 0.6) is 0 Å². The van der Waals surface area contributed by atoms with Crippen LogP contribution in [-0.4, -0.2) is 29.2 Å². The summed E-state index contributed by atoms with van der Waals surface area (Å²) in [7, 11) is 1.44. The Kier molecular flexibility index (Phi) is 7.99. The molecule has 0 aliphatic heterocycles. The second-order valence-corrected chi connectivity index (χ2v) is 6.93. The Labute approximate surface area is 118 Å². The van der Waals surface area contributed by atoms with Gasteiger partial charge in [-0.15, -0.1) is 0 Å². The number of halogens is 1. The lowest BCUT2D eigenvalue weighted by Crippen LogP contribution is -2.19. The SMILES string of the molecule is COC(O)OCCC(C)CC1CCCC(I)C1. The number of rotatable bonds is 7. The van der Waals surface area contributed by atoms with Crippen molar-refractivity contribution in [3.8, 4) is 0 Å². The van der Waals surface area contributed by atoms with Crippen LogP contribution >= 0.6 is 22.6 Å². The highest BCUT2D eigenvalue weighted by Gasteiger charge is 2.21. The molecule has 0 amide bonds. The molecule has 0 aromatic carbocycles. The van der Waals surface area contributed by atoms with E-state index >= 15 is 0 Å². The quantitative estimate of drug-likeness (QED) is 0.432. The molecule has 0 radical (unpaired) electrons. The van der Waals surface area contributed by atoms with Gasteiger partial charge >= 0.3 is 0 Å². The predicted octanol–water partition coefficient (Wildman–Crippen LogP) is 3.34. The zero-order valence-electron chi connectivity index (χ0n) is 10.9. The topological polar surface area (TPSA) is 38.7 Å². The normalized spacial score (nSPS) is 28.9. The minimum absolute atomic E-state index is 0.580. The molecule has 17 heavy (non-hydrogen) atoms. The molecule has 0 spiro atoms. The third-order valence-corrected chi connectivity index (χ3v) is 4.66. The standard InChI is InChI=1S/C13H25IO3/c1-10(6-7-17-13(15)16-2)8-11-4-3-5-12(14)9-11/h10-13,15H,3-9H2,1-2H3. The average Bonchev–Trinajstić information content (AvgIpc) is 2.28. The van der Waals surface area contributed by atoms with Crippen molar-refractivity contribution in [1.82, 2.24) is 0 Å². The molecule has 102 valence electrons. The fourth-order valence-corrected chi connectivity index (χ4v) is 3.72. The molecule has 4 atom stereocenters. The van der Waals surface area contributed by atoms with Crippen molar-refractivity contribution in [3.63, 3.8) is 0 Å². The van der Waals surface area contributed by atoms with E-state index in [0.29, 0.717) is 12.5 Å². The average molecular weight is 356 g/mol.